The number of aryl methyl sites for hydroxylation is 1. The van der Waals surface area contributed by atoms with Crippen molar-refractivity contribution in [3.63, 3.8) is 0 Å². The highest BCUT2D eigenvalue weighted by Gasteiger charge is 2.47. The molecule has 166 valence electrons. The number of ether oxygens (including phenoxy) is 1. The van der Waals surface area contributed by atoms with Gasteiger partial charge in [-0.25, -0.2) is 0 Å². The van der Waals surface area contributed by atoms with Gasteiger partial charge in [0.1, 0.15) is 6.04 Å². The number of hydrogen-bond acceptors (Lipinski definition) is 3. The number of piperazine rings is 1. The van der Waals surface area contributed by atoms with Crippen LogP contribution in [0.15, 0.2) is 54.6 Å². The lowest BCUT2D eigenvalue weighted by atomic mass is 9.86. The fourth-order valence-electron chi connectivity index (χ4n) is 5.28. The molecular weight excluding hydrogens is 402 g/mol. The lowest BCUT2D eigenvalue weighted by Gasteiger charge is -2.47. The van der Waals surface area contributed by atoms with Crippen LogP contribution >= 0.6 is 0 Å². The Morgan fingerprint density at radius 1 is 1.06 bits per heavy atom. The lowest BCUT2D eigenvalue weighted by Crippen LogP contribution is -2.63. The largest absolute Gasteiger partial charge is 0.385 e. The van der Waals surface area contributed by atoms with Crippen molar-refractivity contribution < 1.29 is 14.3 Å². The summed E-state index contributed by atoms with van der Waals surface area (Å²) in [5.74, 6) is 0.0933. The molecule has 0 unspecified atom stereocenters. The minimum absolute atomic E-state index is 0.0365. The second-order valence-electron chi connectivity index (χ2n) is 8.73. The molecule has 2 aromatic carbocycles. The molecule has 6 nitrogen and oxygen atoms in total. The van der Waals surface area contributed by atoms with E-state index in [1.807, 2.05) is 35.2 Å². The highest BCUT2D eigenvalue weighted by Crippen LogP contribution is 2.41. The average molecular weight is 432 g/mol. The molecule has 32 heavy (non-hydrogen) atoms. The molecule has 0 aliphatic carbocycles. The van der Waals surface area contributed by atoms with Gasteiger partial charge in [-0.05, 0) is 36.5 Å². The van der Waals surface area contributed by atoms with Crippen molar-refractivity contribution in [3.8, 4) is 0 Å². The fraction of sp³-hybridized carbons (Fsp3) is 0.385. The third kappa shape index (κ3) is 3.69. The van der Waals surface area contributed by atoms with Crippen LogP contribution in [0, 0.1) is 0 Å². The molecule has 0 bridgehead atoms. The molecular formula is C26H29N3O3. The van der Waals surface area contributed by atoms with Crippen LogP contribution in [0.25, 0.3) is 10.9 Å². The Morgan fingerprint density at radius 3 is 2.66 bits per heavy atom. The number of amides is 2. The SMILES string of the molecule is COCCCN1CC(=O)N2[C@H](CCc3ccccc3)c3[nH]c4ccccc4c3C[C@H]2C1=O. The van der Waals surface area contributed by atoms with Gasteiger partial charge in [-0.15, -0.1) is 0 Å². The Hall–Kier alpha value is -3.12. The van der Waals surface area contributed by atoms with Crippen molar-refractivity contribution in [2.45, 2.75) is 37.8 Å². The second-order valence-corrected chi connectivity index (χ2v) is 8.73. The first-order valence-corrected chi connectivity index (χ1v) is 11.4. The number of nitrogens with one attached hydrogen (secondary N) is 1. The molecule has 1 fully saturated rings. The molecule has 1 aromatic heterocycles. The summed E-state index contributed by atoms with van der Waals surface area (Å²) in [6.45, 7) is 1.28. The molecule has 2 amide bonds. The number of methoxy groups -OCH3 is 1. The van der Waals surface area contributed by atoms with Crippen molar-refractivity contribution in [1.29, 1.82) is 0 Å². The number of carbonyl (C=O) groups excluding carboxylic acids is 2. The Bertz CT molecular complexity index is 1120. The summed E-state index contributed by atoms with van der Waals surface area (Å²) < 4.78 is 5.14. The Labute approximate surface area is 188 Å². The van der Waals surface area contributed by atoms with E-state index in [0.29, 0.717) is 19.6 Å². The maximum absolute atomic E-state index is 13.5. The first-order valence-electron chi connectivity index (χ1n) is 11.4. The first kappa shape index (κ1) is 20.8. The van der Waals surface area contributed by atoms with Crippen LogP contribution in [-0.4, -0.2) is 59.4 Å². The van der Waals surface area contributed by atoms with Crippen molar-refractivity contribution in [1.82, 2.24) is 14.8 Å². The molecule has 3 aromatic rings. The summed E-state index contributed by atoms with van der Waals surface area (Å²) in [6, 6.07) is 18.0. The van der Waals surface area contributed by atoms with E-state index < -0.39 is 6.04 Å². The van der Waals surface area contributed by atoms with Crippen LogP contribution < -0.4 is 0 Å². The molecule has 0 spiro atoms. The topological polar surface area (TPSA) is 65.6 Å². The number of para-hydroxylation sites is 1. The molecule has 2 aliphatic rings. The zero-order valence-corrected chi connectivity index (χ0v) is 18.4. The zero-order valence-electron chi connectivity index (χ0n) is 18.4. The van der Waals surface area contributed by atoms with Crippen LogP contribution in [-0.2, 0) is 27.2 Å². The van der Waals surface area contributed by atoms with Gasteiger partial charge in [0.05, 0.1) is 12.6 Å². The van der Waals surface area contributed by atoms with Gasteiger partial charge >= 0.3 is 0 Å². The van der Waals surface area contributed by atoms with Gasteiger partial charge in [-0.3, -0.25) is 9.59 Å². The summed E-state index contributed by atoms with van der Waals surface area (Å²) >= 11 is 0. The molecule has 2 aliphatic heterocycles. The number of carbonyl (C=O) groups is 2. The van der Waals surface area contributed by atoms with E-state index in [1.54, 1.807) is 12.0 Å². The number of aromatic nitrogens is 1. The smallest absolute Gasteiger partial charge is 0.246 e. The van der Waals surface area contributed by atoms with Crippen LogP contribution in [0.2, 0.25) is 0 Å². The predicted molar refractivity (Wildman–Crippen MR) is 123 cm³/mol. The molecule has 3 heterocycles. The van der Waals surface area contributed by atoms with Gasteiger partial charge in [0.25, 0.3) is 0 Å². The monoisotopic (exact) mass is 431 g/mol. The lowest BCUT2D eigenvalue weighted by molar-refractivity contribution is -0.160. The average Bonchev–Trinajstić information content (AvgIpc) is 3.19. The maximum Gasteiger partial charge on any atom is 0.246 e. The summed E-state index contributed by atoms with van der Waals surface area (Å²) in [4.78, 5) is 34.0. The van der Waals surface area contributed by atoms with Crippen LogP contribution in [0.5, 0.6) is 0 Å². The summed E-state index contributed by atoms with van der Waals surface area (Å²) in [5, 5.41) is 1.16. The summed E-state index contributed by atoms with van der Waals surface area (Å²) in [5.41, 5.74) is 4.58. The molecule has 1 saturated heterocycles. The minimum Gasteiger partial charge on any atom is -0.385 e. The normalized spacial score (nSPS) is 20.5. The molecule has 0 saturated carbocycles. The van der Waals surface area contributed by atoms with Gasteiger partial charge in [0.2, 0.25) is 11.8 Å². The number of fused-ring (bicyclic) bond motifs is 4. The van der Waals surface area contributed by atoms with E-state index in [9.17, 15) is 9.59 Å². The van der Waals surface area contributed by atoms with Gasteiger partial charge in [-0.1, -0.05) is 48.5 Å². The number of nitrogens with zero attached hydrogens (tertiary/aromatic N) is 2. The van der Waals surface area contributed by atoms with Crippen molar-refractivity contribution in [2.24, 2.45) is 0 Å². The quantitative estimate of drug-likeness (QED) is 0.583. The predicted octanol–water partition coefficient (Wildman–Crippen LogP) is 3.47. The molecule has 5 rings (SSSR count). The van der Waals surface area contributed by atoms with Gasteiger partial charge < -0.3 is 19.5 Å². The standard InChI is InChI=1S/C26H29N3O3/c1-32-15-7-14-28-17-24(30)29-22(13-12-18-8-3-2-4-9-18)25-20(16-23(29)26(28)31)19-10-5-6-11-21(19)27-25/h2-6,8-11,22-23,27H,7,12-17H2,1H3/t22-,23+/m1/s1. The van der Waals surface area contributed by atoms with Crippen LogP contribution in [0.4, 0.5) is 0 Å². The van der Waals surface area contributed by atoms with E-state index >= 15 is 0 Å². The van der Waals surface area contributed by atoms with E-state index in [2.05, 4.69) is 29.2 Å². The molecule has 1 N–H and O–H groups in total. The number of hydrogen-bond donors (Lipinski definition) is 1. The van der Waals surface area contributed by atoms with Crippen molar-refractivity contribution in [3.05, 3.63) is 71.4 Å². The highest BCUT2D eigenvalue weighted by molar-refractivity contribution is 5.97. The number of H-pyrrole nitrogens is 1. The zero-order chi connectivity index (χ0) is 22.1. The number of rotatable bonds is 7. The van der Waals surface area contributed by atoms with E-state index in [-0.39, 0.29) is 24.4 Å². The second kappa shape index (κ2) is 8.79. The third-order valence-corrected chi connectivity index (χ3v) is 6.79. The Balaban J connectivity index is 1.50. The molecule has 2 atom stereocenters. The third-order valence-electron chi connectivity index (χ3n) is 6.79. The molecule has 0 radical (unpaired) electrons. The summed E-state index contributed by atoms with van der Waals surface area (Å²) in [6.07, 6.45) is 2.93. The fourth-order valence-corrected chi connectivity index (χ4v) is 5.28. The van der Waals surface area contributed by atoms with Gasteiger partial charge in [0, 0.05) is 43.3 Å². The van der Waals surface area contributed by atoms with Crippen LogP contribution in [0.3, 0.4) is 0 Å². The minimum atomic E-state index is -0.439. The van der Waals surface area contributed by atoms with Crippen molar-refractivity contribution in [2.75, 3.05) is 26.8 Å². The summed E-state index contributed by atoms with van der Waals surface area (Å²) in [7, 11) is 1.65. The number of aromatic amines is 1. The van der Waals surface area contributed by atoms with E-state index in [0.717, 1.165) is 35.9 Å². The van der Waals surface area contributed by atoms with Gasteiger partial charge in [-0.2, -0.15) is 0 Å². The Kier molecular flexibility index (Phi) is 5.70. The van der Waals surface area contributed by atoms with E-state index in [1.165, 1.54) is 11.1 Å². The van der Waals surface area contributed by atoms with Gasteiger partial charge in [0.15, 0.2) is 0 Å². The first-order chi connectivity index (χ1) is 15.7. The van der Waals surface area contributed by atoms with Crippen molar-refractivity contribution >= 4 is 22.7 Å². The Morgan fingerprint density at radius 2 is 1.84 bits per heavy atom. The van der Waals surface area contributed by atoms with Crippen LogP contribution in [0.1, 0.15) is 35.7 Å². The number of benzene rings is 2. The van der Waals surface area contributed by atoms with E-state index in [4.69, 9.17) is 4.74 Å². The molecule has 6 heteroatoms. The maximum atomic E-state index is 13.5. The highest BCUT2D eigenvalue weighted by atomic mass is 16.5.